The fourth-order valence-corrected chi connectivity index (χ4v) is 4.70. The van der Waals surface area contributed by atoms with Crippen LogP contribution < -0.4 is 47.6 Å². The predicted molar refractivity (Wildman–Crippen MR) is 83.9 cm³/mol. The van der Waals surface area contributed by atoms with Crippen molar-refractivity contribution in [1.82, 2.24) is 0 Å². The Kier molecular flexibility index (Phi) is 12.7. The molecule has 0 N–H and O–H groups in total. The molecule has 2 aromatic rings. The van der Waals surface area contributed by atoms with Gasteiger partial charge in [-0.25, -0.2) is 6.07 Å². The van der Waals surface area contributed by atoms with Gasteiger partial charge in [-0.3, -0.25) is 0 Å². The summed E-state index contributed by atoms with van der Waals surface area (Å²) in [5.74, 6) is 0. The molecule has 0 fully saturated rings. The van der Waals surface area contributed by atoms with Crippen LogP contribution in [0.4, 0.5) is 0 Å². The molecule has 0 nitrogen and oxygen atoms in total. The van der Waals surface area contributed by atoms with Gasteiger partial charge in [0.1, 0.15) is 0 Å². The zero-order chi connectivity index (χ0) is 13.4. The van der Waals surface area contributed by atoms with Crippen LogP contribution in [-0.2, 0) is 27.1 Å². The molecule has 0 unspecified atom stereocenters. The van der Waals surface area contributed by atoms with Crippen molar-refractivity contribution in [3.63, 3.8) is 0 Å². The molecule has 0 heterocycles. The smallest absolute Gasteiger partial charge is 1.00 e. The Hall–Kier alpha value is 0.371. The Morgan fingerprint density at radius 3 is 1.77 bits per heavy atom. The van der Waals surface area contributed by atoms with E-state index in [1.54, 1.807) is 5.19 Å². The van der Waals surface area contributed by atoms with Gasteiger partial charge in [0.25, 0.3) is 0 Å². The van der Waals surface area contributed by atoms with Crippen LogP contribution in [0, 0.1) is 0 Å². The molecule has 2 aromatic carbocycles. The van der Waals surface area contributed by atoms with E-state index < -0.39 is 8.07 Å². The molecular formula is C17H23Cl3SiTi. The van der Waals surface area contributed by atoms with Gasteiger partial charge in [-0.2, -0.15) is 22.9 Å². The second-order valence-electron chi connectivity index (χ2n) is 6.63. The summed E-state index contributed by atoms with van der Waals surface area (Å²) in [5.41, 5.74) is 1.70. The molecule has 0 saturated carbocycles. The Labute approximate surface area is 170 Å². The fraction of sp³-hybridized carbons (Fsp3) is 0.353. The van der Waals surface area contributed by atoms with Crippen LogP contribution in [0.1, 0.15) is 26.3 Å². The van der Waals surface area contributed by atoms with Crippen molar-refractivity contribution in [3.05, 3.63) is 54.1 Å². The third-order valence-corrected chi connectivity index (χ3v) is 7.37. The molecule has 0 saturated heterocycles. The van der Waals surface area contributed by atoms with E-state index in [2.05, 4.69) is 82.4 Å². The molecule has 0 spiro atoms. The van der Waals surface area contributed by atoms with Crippen molar-refractivity contribution in [3.8, 4) is 0 Å². The molecule has 0 aliphatic carbocycles. The third kappa shape index (κ3) is 6.11. The monoisotopic (exact) mass is 408 g/mol. The maximum absolute atomic E-state index is 2.43. The van der Waals surface area contributed by atoms with Crippen LogP contribution in [0.3, 0.4) is 0 Å². The maximum Gasteiger partial charge on any atom is 4.00 e. The molecule has 5 heteroatoms. The Morgan fingerprint density at radius 1 is 0.864 bits per heavy atom. The van der Waals surface area contributed by atoms with Crippen LogP contribution in [0.2, 0.25) is 13.1 Å². The van der Waals surface area contributed by atoms with Gasteiger partial charge in [0.2, 0.25) is 0 Å². The molecule has 0 amide bonds. The van der Waals surface area contributed by atoms with Crippen molar-refractivity contribution in [2.45, 2.75) is 39.3 Å². The summed E-state index contributed by atoms with van der Waals surface area (Å²) < 4.78 is 0. The SMILES string of the molecule is CC(C)(C)c1cc[c-]([Si](C)(C)c2ccccc2)c1.[Cl-].[Cl-].[Cl-].[Ti+4]. The van der Waals surface area contributed by atoms with E-state index in [0.29, 0.717) is 0 Å². The van der Waals surface area contributed by atoms with Crippen LogP contribution in [0.25, 0.3) is 0 Å². The van der Waals surface area contributed by atoms with E-state index in [0.717, 1.165) is 0 Å². The molecule has 2 rings (SSSR count). The van der Waals surface area contributed by atoms with E-state index >= 15 is 0 Å². The summed E-state index contributed by atoms with van der Waals surface area (Å²) in [4.78, 5) is 0. The number of benzene rings is 1. The van der Waals surface area contributed by atoms with Gasteiger partial charge in [-0.15, -0.1) is 0 Å². The normalized spacial score (nSPS) is 10.4. The molecule has 120 valence electrons. The van der Waals surface area contributed by atoms with Gasteiger partial charge in [0.05, 0.1) is 8.07 Å². The van der Waals surface area contributed by atoms with Crippen molar-refractivity contribution >= 4 is 18.4 Å². The first-order valence-corrected chi connectivity index (χ1v) is 9.65. The number of halogens is 3. The predicted octanol–water partition coefficient (Wildman–Crippen LogP) is -5.46. The van der Waals surface area contributed by atoms with Crippen LogP contribution >= 0.6 is 0 Å². The minimum atomic E-state index is -1.51. The van der Waals surface area contributed by atoms with Crippen molar-refractivity contribution in [2.24, 2.45) is 0 Å². The van der Waals surface area contributed by atoms with E-state index in [9.17, 15) is 0 Å². The van der Waals surface area contributed by atoms with E-state index in [1.807, 2.05) is 0 Å². The standard InChI is InChI=1S/C17H23Si.3ClH.Ti/c1-17(2,3)14-11-12-16(13-14)18(4,5)15-9-7-6-8-10-15;;;;/h6-13H,1-5H3;3*1H;/q-1;;;;+4/p-3. The van der Waals surface area contributed by atoms with Crippen LogP contribution in [-0.4, -0.2) is 8.07 Å². The van der Waals surface area contributed by atoms with Gasteiger partial charge < -0.3 is 37.2 Å². The van der Waals surface area contributed by atoms with E-state index in [1.165, 1.54) is 10.8 Å². The summed E-state index contributed by atoms with van der Waals surface area (Å²) in [5, 5.41) is 3.05. The van der Waals surface area contributed by atoms with Crippen molar-refractivity contribution in [1.29, 1.82) is 0 Å². The average molecular weight is 410 g/mol. The molecule has 0 bridgehead atoms. The number of rotatable bonds is 2. The summed E-state index contributed by atoms with van der Waals surface area (Å²) in [6.45, 7) is 11.7. The zero-order valence-electron chi connectivity index (χ0n) is 13.8. The average Bonchev–Trinajstić information content (AvgIpc) is 2.79. The van der Waals surface area contributed by atoms with E-state index in [4.69, 9.17) is 0 Å². The summed E-state index contributed by atoms with van der Waals surface area (Å²) in [6, 6.07) is 18.0. The van der Waals surface area contributed by atoms with Gasteiger partial charge in [-0.1, -0.05) is 74.8 Å². The summed E-state index contributed by atoms with van der Waals surface area (Å²) >= 11 is 0. The third-order valence-electron chi connectivity index (χ3n) is 3.84. The zero-order valence-corrected chi connectivity index (χ0v) is 18.6. The first-order chi connectivity index (χ1) is 8.32. The largest absolute Gasteiger partial charge is 4.00 e. The summed E-state index contributed by atoms with van der Waals surface area (Å²) in [6.07, 6.45) is 0. The fourth-order valence-electron chi connectivity index (χ4n) is 2.32. The molecular weight excluding hydrogens is 386 g/mol. The molecule has 0 radical (unpaired) electrons. The van der Waals surface area contributed by atoms with Crippen LogP contribution in [0.5, 0.6) is 0 Å². The number of hydrogen-bond donors (Lipinski definition) is 0. The molecule has 22 heavy (non-hydrogen) atoms. The quantitative estimate of drug-likeness (QED) is 0.343. The van der Waals surface area contributed by atoms with Gasteiger partial charge in [-0.05, 0) is 0 Å². The van der Waals surface area contributed by atoms with Gasteiger partial charge in [0, 0.05) is 0 Å². The minimum absolute atomic E-state index is 0. The topological polar surface area (TPSA) is 0 Å². The Bertz CT molecular complexity index is 530. The summed E-state index contributed by atoms with van der Waals surface area (Å²) in [7, 11) is -1.51. The second kappa shape index (κ2) is 10.3. The Balaban J connectivity index is -0.000000902. The van der Waals surface area contributed by atoms with Crippen molar-refractivity contribution in [2.75, 3.05) is 0 Å². The number of hydrogen-bond acceptors (Lipinski definition) is 0. The van der Waals surface area contributed by atoms with E-state index in [-0.39, 0.29) is 64.4 Å². The Morgan fingerprint density at radius 2 is 1.36 bits per heavy atom. The molecule has 0 aliphatic heterocycles. The second-order valence-corrected chi connectivity index (χ2v) is 11.0. The van der Waals surface area contributed by atoms with Gasteiger partial charge >= 0.3 is 21.7 Å². The molecule has 0 aliphatic rings. The van der Waals surface area contributed by atoms with Gasteiger partial charge in [0.15, 0.2) is 0 Å². The first kappa shape index (κ1) is 27.2. The van der Waals surface area contributed by atoms with Crippen molar-refractivity contribution < 1.29 is 58.9 Å². The molecule has 0 aromatic heterocycles. The molecule has 0 atom stereocenters. The first-order valence-electron chi connectivity index (χ1n) is 6.65. The van der Waals surface area contributed by atoms with Crippen LogP contribution in [0.15, 0.2) is 48.5 Å². The maximum atomic E-state index is 2.43. The minimum Gasteiger partial charge on any atom is -1.00 e.